The summed E-state index contributed by atoms with van der Waals surface area (Å²) in [5, 5.41) is 3.57. The van der Waals surface area contributed by atoms with Gasteiger partial charge in [0.15, 0.2) is 0 Å². The van der Waals surface area contributed by atoms with Crippen molar-refractivity contribution in [1.29, 1.82) is 0 Å². The van der Waals surface area contributed by atoms with Crippen LogP contribution in [0.4, 0.5) is 11.4 Å². The van der Waals surface area contributed by atoms with E-state index in [1.807, 2.05) is 26.2 Å². The largest absolute Gasteiger partial charge is 0.497 e. The fourth-order valence-corrected chi connectivity index (χ4v) is 2.58. The minimum atomic E-state index is 0.212. The number of hydrogen-bond acceptors (Lipinski definition) is 3. The second kappa shape index (κ2) is 6.85. The molecule has 2 aromatic rings. The number of benzene rings is 2. The van der Waals surface area contributed by atoms with Crippen molar-refractivity contribution in [3.05, 3.63) is 52.5 Å². The summed E-state index contributed by atoms with van der Waals surface area (Å²) in [6, 6.07) is 14.6. The average Bonchev–Trinajstić information content (AvgIpc) is 2.47. The molecule has 0 fully saturated rings. The van der Waals surface area contributed by atoms with Gasteiger partial charge in [-0.3, -0.25) is 0 Å². The molecule has 2 rings (SSSR count). The van der Waals surface area contributed by atoms with E-state index in [1.165, 1.54) is 11.3 Å². The molecule has 0 saturated heterocycles. The minimum Gasteiger partial charge on any atom is -0.497 e. The first-order valence-corrected chi connectivity index (χ1v) is 7.68. The van der Waals surface area contributed by atoms with Crippen LogP contribution in [0.3, 0.4) is 0 Å². The van der Waals surface area contributed by atoms with Crippen LogP contribution in [-0.4, -0.2) is 21.2 Å². The van der Waals surface area contributed by atoms with Gasteiger partial charge in [-0.15, -0.1) is 0 Å². The zero-order chi connectivity index (χ0) is 15.4. The monoisotopic (exact) mass is 348 g/mol. The van der Waals surface area contributed by atoms with Gasteiger partial charge < -0.3 is 15.0 Å². The standard InChI is InChI=1S/C17H21BrN2O/c1-12(13-5-8-15(21-4)9-6-13)19-16-11-14(18)7-10-17(16)20(2)3/h5-12,19H,1-4H3. The van der Waals surface area contributed by atoms with Crippen LogP contribution in [-0.2, 0) is 0 Å². The number of hydrogen-bond donors (Lipinski definition) is 1. The van der Waals surface area contributed by atoms with Gasteiger partial charge in [0, 0.05) is 24.6 Å². The second-order valence-corrected chi connectivity index (χ2v) is 6.11. The normalized spacial score (nSPS) is 11.9. The molecule has 1 atom stereocenters. The topological polar surface area (TPSA) is 24.5 Å². The minimum absolute atomic E-state index is 0.212. The summed E-state index contributed by atoms with van der Waals surface area (Å²) in [5.74, 6) is 0.877. The first-order valence-electron chi connectivity index (χ1n) is 6.88. The summed E-state index contributed by atoms with van der Waals surface area (Å²) in [6.07, 6.45) is 0. The van der Waals surface area contributed by atoms with Gasteiger partial charge in [-0.2, -0.15) is 0 Å². The first kappa shape index (κ1) is 15.7. The molecular weight excluding hydrogens is 328 g/mol. The maximum absolute atomic E-state index is 5.20. The molecule has 0 aliphatic heterocycles. The Hall–Kier alpha value is -1.68. The molecule has 112 valence electrons. The van der Waals surface area contributed by atoms with Crippen molar-refractivity contribution in [3.63, 3.8) is 0 Å². The molecule has 2 aromatic carbocycles. The summed E-state index contributed by atoms with van der Waals surface area (Å²) in [5.41, 5.74) is 3.50. The molecule has 4 heteroatoms. The van der Waals surface area contributed by atoms with Gasteiger partial charge in [0.05, 0.1) is 18.5 Å². The lowest BCUT2D eigenvalue weighted by molar-refractivity contribution is 0.414. The Labute approximate surface area is 135 Å². The van der Waals surface area contributed by atoms with E-state index in [4.69, 9.17) is 4.74 Å². The molecule has 3 nitrogen and oxygen atoms in total. The number of nitrogens with zero attached hydrogens (tertiary/aromatic N) is 1. The van der Waals surface area contributed by atoms with Gasteiger partial charge in [-0.05, 0) is 42.8 Å². The van der Waals surface area contributed by atoms with Crippen LogP contribution in [0.2, 0.25) is 0 Å². The van der Waals surface area contributed by atoms with Gasteiger partial charge in [-0.1, -0.05) is 28.1 Å². The fraction of sp³-hybridized carbons (Fsp3) is 0.294. The maximum atomic E-state index is 5.20. The van der Waals surface area contributed by atoms with Crippen LogP contribution in [0.5, 0.6) is 5.75 Å². The highest BCUT2D eigenvalue weighted by Crippen LogP contribution is 2.31. The lowest BCUT2D eigenvalue weighted by Gasteiger charge is -2.22. The Kier molecular flexibility index (Phi) is 5.12. The van der Waals surface area contributed by atoms with Crippen LogP contribution in [0.15, 0.2) is 46.9 Å². The van der Waals surface area contributed by atoms with Crippen molar-refractivity contribution in [2.24, 2.45) is 0 Å². The summed E-state index contributed by atoms with van der Waals surface area (Å²) in [4.78, 5) is 2.11. The Morgan fingerprint density at radius 3 is 2.33 bits per heavy atom. The highest BCUT2D eigenvalue weighted by molar-refractivity contribution is 9.10. The quantitative estimate of drug-likeness (QED) is 0.847. The van der Waals surface area contributed by atoms with E-state index in [2.05, 4.69) is 63.4 Å². The van der Waals surface area contributed by atoms with Crippen LogP contribution in [0.1, 0.15) is 18.5 Å². The number of nitrogens with one attached hydrogen (secondary N) is 1. The maximum Gasteiger partial charge on any atom is 0.118 e. The molecule has 0 radical (unpaired) electrons. The lowest BCUT2D eigenvalue weighted by Crippen LogP contribution is -2.14. The molecular formula is C17H21BrN2O. The molecule has 1 N–H and O–H groups in total. The van der Waals surface area contributed by atoms with E-state index in [0.29, 0.717) is 0 Å². The second-order valence-electron chi connectivity index (χ2n) is 5.20. The van der Waals surface area contributed by atoms with E-state index in [0.717, 1.165) is 15.9 Å². The van der Waals surface area contributed by atoms with Crippen LogP contribution >= 0.6 is 15.9 Å². The number of rotatable bonds is 5. The van der Waals surface area contributed by atoms with Gasteiger partial charge in [0.25, 0.3) is 0 Å². The molecule has 0 saturated carbocycles. The molecule has 21 heavy (non-hydrogen) atoms. The van der Waals surface area contributed by atoms with Crippen molar-refractivity contribution < 1.29 is 4.74 Å². The molecule has 0 heterocycles. The third kappa shape index (κ3) is 3.91. The van der Waals surface area contributed by atoms with Gasteiger partial charge >= 0.3 is 0 Å². The van der Waals surface area contributed by atoms with Gasteiger partial charge in [0.1, 0.15) is 5.75 Å². The van der Waals surface area contributed by atoms with Crippen LogP contribution < -0.4 is 15.0 Å². The smallest absolute Gasteiger partial charge is 0.118 e. The average molecular weight is 349 g/mol. The van der Waals surface area contributed by atoms with Crippen molar-refractivity contribution in [2.75, 3.05) is 31.4 Å². The van der Waals surface area contributed by atoms with Crippen molar-refractivity contribution >= 4 is 27.3 Å². The molecule has 0 aliphatic carbocycles. The summed E-state index contributed by atoms with van der Waals surface area (Å²) in [6.45, 7) is 2.15. The number of methoxy groups -OCH3 is 1. The van der Waals surface area contributed by atoms with Crippen molar-refractivity contribution in [3.8, 4) is 5.75 Å². The van der Waals surface area contributed by atoms with E-state index >= 15 is 0 Å². The summed E-state index contributed by atoms with van der Waals surface area (Å²) in [7, 11) is 5.78. The van der Waals surface area contributed by atoms with Crippen LogP contribution in [0, 0.1) is 0 Å². The molecule has 0 bridgehead atoms. The van der Waals surface area contributed by atoms with Crippen LogP contribution in [0.25, 0.3) is 0 Å². The van der Waals surface area contributed by atoms with E-state index in [9.17, 15) is 0 Å². The molecule has 0 spiro atoms. The number of anilines is 2. The predicted molar refractivity (Wildman–Crippen MR) is 93.5 cm³/mol. The lowest BCUT2D eigenvalue weighted by atomic mass is 10.1. The molecule has 0 aromatic heterocycles. The van der Waals surface area contributed by atoms with Crippen molar-refractivity contribution in [2.45, 2.75) is 13.0 Å². The highest BCUT2D eigenvalue weighted by atomic mass is 79.9. The van der Waals surface area contributed by atoms with E-state index < -0.39 is 0 Å². The Morgan fingerprint density at radius 1 is 1.10 bits per heavy atom. The third-order valence-electron chi connectivity index (χ3n) is 3.43. The zero-order valence-corrected chi connectivity index (χ0v) is 14.4. The fourth-order valence-electron chi connectivity index (χ4n) is 2.22. The number of ether oxygens (including phenoxy) is 1. The predicted octanol–water partition coefficient (Wildman–Crippen LogP) is 4.70. The third-order valence-corrected chi connectivity index (χ3v) is 3.92. The summed E-state index contributed by atoms with van der Waals surface area (Å²) < 4.78 is 6.27. The Bertz CT molecular complexity index is 596. The van der Waals surface area contributed by atoms with E-state index in [-0.39, 0.29) is 6.04 Å². The molecule has 0 amide bonds. The first-order chi connectivity index (χ1) is 10.0. The van der Waals surface area contributed by atoms with Gasteiger partial charge in [0.2, 0.25) is 0 Å². The Morgan fingerprint density at radius 2 is 1.76 bits per heavy atom. The molecule has 0 aliphatic rings. The molecule has 1 unspecified atom stereocenters. The SMILES string of the molecule is COc1ccc(C(C)Nc2cc(Br)ccc2N(C)C)cc1. The zero-order valence-electron chi connectivity index (χ0n) is 12.9. The van der Waals surface area contributed by atoms with Gasteiger partial charge in [-0.25, -0.2) is 0 Å². The summed E-state index contributed by atoms with van der Waals surface area (Å²) >= 11 is 3.54. The number of halogens is 1. The highest BCUT2D eigenvalue weighted by Gasteiger charge is 2.10. The van der Waals surface area contributed by atoms with E-state index in [1.54, 1.807) is 7.11 Å². The van der Waals surface area contributed by atoms with Crippen molar-refractivity contribution in [1.82, 2.24) is 0 Å². The Balaban J connectivity index is 2.21.